The molecule has 1 N–H and O–H groups in total. The van der Waals surface area contributed by atoms with Gasteiger partial charge in [-0.3, -0.25) is 4.79 Å². The molecular formula is C18H15FN2O2. The van der Waals surface area contributed by atoms with E-state index in [-0.39, 0.29) is 18.3 Å². The molecule has 0 aliphatic carbocycles. The Bertz CT molecular complexity index is 828. The molecule has 3 aromatic rings. The van der Waals surface area contributed by atoms with Crippen LogP contribution >= 0.6 is 0 Å². The predicted octanol–water partition coefficient (Wildman–Crippen LogP) is 3.72. The van der Waals surface area contributed by atoms with Crippen molar-refractivity contribution in [2.45, 2.75) is 13.5 Å². The molecule has 5 heteroatoms. The first-order chi connectivity index (χ1) is 11.1. The van der Waals surface area contributed by atoms with Crippen LogP contribution in [-0.4, -0.2) is 11.1 Å². The highest BCUT2D eigenvalue weighted by molar-refractivity contribution is 6.00. The number of hydrogen-bond acceptors (Lipinski definition) is 3. The highest BCUT2D eigenvalue weighted by Crippen LogP contribution is 2.24. The summed E-state index contributed by atoms with van der Waals surface area (Å²) in [5.74, 6) is -0.185. The van der Waals surface area contributed by atoms with Crippen molar-refractivity contribution in [1.29, 1.82) is 0 Å². The van der Waals surface area contributed by atoms with Crippen LogP contribution in [0.5, 0.6) is 0 Å². The van der Waals surface area contributed by atoms with Gasteiger partial charge in [0.2, 0.25) is 0 Å². The Morgan fingerprint density at radius 1 is 1.17 bits per heavy atom. The van der Waals surface area contributed by atoms with Gasteiger partial charge in [0.05, 0.1) is 0 Å². The van der Waals surface area contributed by atoms with Gasteiger partial charge in [0.1, 0.15) is 22.8 Å². The van der Waals surface area contributed by atoms with E-state index < -0.39 is 0 Å². The van der Waals surface area contributed by atoms with Gasteiger partial charge in [0.15, 0.2) is 0 Å². The zero-order chi connectivity index (χ0) is 16.2. The number of carbonyl (C=O) groups excluding carboxylic acids is 1. The van der Waals surface area contributed by atoms with E-state index in [1.54, 1.807) is 19.1 Å². The highest BCUT2D eigenvalue weighted by Gasteiger charge is 2.21. The van der Waals surface area contributed by atoms with E-state index >= 15 is 0 Å². The minimum Gasteiger partial charge on any atom is -0.360 e. The largest absolute Gasteiger partial charge is 0.360 e. The molecule has 0 saturated heterocycles. The molecule has 4 nitrogen and oxygen atoms in total. The molecule has 0 radical (unpaired) electrons. The SMILES string of the molecule is Cc1onc(-c2ccccc2)c1C(=O)NCc1cccc(F)c1. The molecule has 0 bridgehead atoms. The first kappa shape index (κ1) is 15.0. The van der Waals surface area contributed by atoms with E-state index in [9.17, 15) is 9.18 Å². The summed E-state index contributed by atoms with van der Waals surface area (Å²) < 4.78 is 18.3. The molecule has 0 unspecified atom stereocenters. The molecule has 3 rings (SSSR count). The molecule has 0 saturated carbocycles. The third kappa shape index (κ3) is 3.29. The lowest BCUT2D eigenvalue weighted by Crippen LogP contribution is -2.23. The molecule has 0 fully saturated rings. The van der Waals surface area contributed by atoms with Gasteiger partial charge in [-0.15, -0.1) is 0 Å². The Hall–Kier alpha value is -2.95. The van der Waals surface area contributed by atoms with Gasteiger partial charge in [-0.05, 0) is 24.6 Å². The lowest BCUT2D eigenvalue weighted by molar-refractivity contribution is 0.0950. The molecule has 0 spiro atoms. The minimum atomic E-state index is -0.331. The fraction of sp³-hybridized carbons (Fsp3) is 0.111. The fourth-order valence-corrected chi connectivity index (χ4v) is 2.35. The van der Waals surface area contributed by atoms with E-state index in [1.165, 1.54) is 12.1 Å². The summed E-state index contributed by atoms with van der Waals surface area (Å²) >= 11 is 0. The van der Waals surface area contributed by atoms with Crippen molar-refractivity contribution in [2.75, 3.05) is 0 Å². The van der Waals surface area contributed by atoms with Crippen molar-refractivity contribution in [2.24, 2.45) is 0 Å². The predicted molar refractivity (Wildman–Crippen MR) is 84.2 cm³/mol. The first-order valence-electron chi connectivity index (χ1n) is 7.19. The Morgan fingerprint density at radius 3 is 2.70 bits per heavy atom. The van der Waals surface area contributed by atoms with Crippen molar-refractivity contribution in [3.05, 3.63) is 77.3 Å². The Kier molecular flexibility index (Phi) is 4.19. The van der Waals surface area contributed by atoms with Gasteiger partial charge in [-0.25, -0.2) is 4.39 Å². The number of aromatic nitrogens is 1. The maximum atomic E-state index is 13.2. The number of amides is 1. The van der Waals surface area contributed by atoms with Gasteiger partial charge in [-0.2, -0.15) is 0 Å². The van der Waals surface area contributed by atoms with Crippen molar-refractivity contribution < 1.29 is 13.7 Å². The monoisotopic (exact) mass is 310 g/mol. The number of halogens is 1. The molecule has 1 aromatic heterocycles. The summed E-state index contributed by atoms with van der Waals surface area (Å²) in [6.07, 6.45) is 0. The molecule has 2 aromatic carbocycles. The van der Waals surface area contributed by atoms with Crippen LogP contribution in [-0.2, 0) is 6.54 Å². The van der Waals surface area contributed by atoms with Crippen LogP contribution in [0.1, 0.15) is 21.7 Å². The number of hydrogen-bond donors (Lipinski definition) is 1. The Morgan fingerprint density at radius 2 is 1.96 bits per heavy atom. The molecule has 0 aliphatic rings. The van der Waals surface area contributed by atoms with Gasteiger partial charge in [-0.1, -0.05) is 47.6 Å². The number of benzene rings is 2. The topological polar surface area (TPSA) is 55.1 Å². The van der Waals surface area contributed by atoms with Crippen molar-refractivity contribution >= 4 is 5.91 Å². The van der Waals surface area contributed by atoms with Crippen LogP contribution in [0.3, 0.4) is 0 Å². The molecule has 116 valence electrons. The van der Waals surface area contributed by atoms with Crippen LogP contribution in [0.2, 0.25) is 0 Å². The van der Waals surface area contributed by atoms with E-state index in [0.29, 0.717) is 22.6 Å². The van der Waals surface area contributed by atoms with E-state index in [4.69, 9.17) is 4.52 Å². The van der Waals surface area contributed by atoms with Crippen LogP contribution in [0.4, 0.5) is 4.39 Å². The Balaban J connectivity index is 1.81. The standard InChI is InChI=1S/C18H15FN2O2/c1-12-16(17(21-23-12)14-7-3-2-4-8-14)18(22)20-11-13-6-5-9-15(19)10-13/h2-10H,11H2,1H3,(H,20,22). The fourth-order valence-electron chi connectivity index (χ4n) is 2.35. The average molecular weight is 310 g/mol. The lowest BCUT2D eigenvalue weighted by Gasteiger charge is -2.06. The first-order valence-corrected chi connectivity index (χ1v) is 7.19. The second-order valence-electron chi connectivity index (χ2n) is 5.14. The number of aryl methyl sites for hydroxylation is 1. The zero-order valence-corrected chi connectivity index (χ0v) is 12.5. The van der Waals surface area contributed by atoms with Crippen molar-refractivity contribution in [1.82, 2.24) is 10.5 Å². The van der Waals surface area contributed by atoms with E-state index in [2.05, 4.69) is 10.5 Å². The van der Waals surface area contributed by atoms with Crippen molar-refractivity contribution in [3.63, 3.8) is 0 Å². The van der Waals surface area contributed by atoms with E-state index in [1.807, 2.05) is 30.3 Å². The van der Waals surface area contributed by atoms with Crippen LogP contribution in [0.25, 0.3) is 11.3 Å². The van der Waals surface area contributed by atoms with Crippen molar-refractivity contribution in [3.8, 4) is 11.3 Å². The van der Waals surface area contributed by atoms with E-state index in [0.717, 1.165) is 5.56 Å². The molecule has 1 amide bonds. The summed E-state index contributed by atoms with van der Waals surface area (Å²) in [5, 5.41) is 6.75. The number of nitrogens with one attached hydrogen (secondary N) is 1. The summed E-state index contributed by atoms with van der Waals surface area (Å²) in [5.41, 5.74) is 2.39. The maximum Gasteiger partial charge on any atom is 0.257 e. The minimum absolute atomic E-state index is 0.232. The lowest BCUT2D eigenvalue weighted by atomic mass is 10.1. The molecule has 1 heterocycles. The number of carbonyl (C=O) groups is 1. The Labute approximate surface area is 132 Å². The average Bonchev–Trinajstić information content (AvgIpc) is 2.95. The van der Waals surface area contributed by atoms with Crippen LogP contribution < -0.4 is 5.32 Å². The molecule has 0 aliphatic heterocycles. The smallest absolute Gasteiger partial charge is 0.257 e. The van der Waals surface area contributed by atoms with Gasteiger partial charge in [0.25, 0.3) is 5.91 Å². The van der Waals surface area contributed by atoms with Gasteiger partial charge < -0.3 is 9.84 Å². The molecule has 0 atom stereocenters. The number of nitrogens with zero attached hydrogens (tertiary/aromatic N) is 1. The summed E-state index contributed by atoms with van der Waals surface area (Å²) in [7, 11) is 0. The van der Waals surface area contributed by atoms with Crippen LogP contribution in [0.15, 0.2) is 59.1 Å². The summed E-state index contributed by atoms with van der Waals surface area (Å²) in [6, 6.07) is 15.5. The van der Waals surface area contributed by atoms with Gasteiger partial charge >= 0.3 is 0 Å². The highest BCUT2D eigenvalue weighted by atomic mass is 19.1. The zero-order valence-electron chi connectivity index (χ0n) is 12.5. The third-order valence-electron chi connectivity index (χ3n) is 3.48. The molecule has 23 heavy (non-hydrogen) atoms. The second-order valence-corrected chi connectivity index (χ2v) is 5.14. The van der Waals surface area contributed by atoms with Crippen LogP contribution in [0, 0.1) is 12.7 Å². The second kappa shape index (κ2) is 6.44. The summed E-state index contributed by atoms with van der Waals surface area (Å²) in [4.78, 5) is 12.5. The molecular weight excluding hydrogens is 295 g/mol. The third-order valence-corrected chi connectivity index (χ3v) is 3.48. The maximum absolute atomic E-state index is 13.2. The normalized spacial score (nSPS) is 10.5. The number of rotatable bonds is 4. The van der Waals surface area contributed by atoms with Gasteiger partial charge in [0, 0.05) is 12.1 Å². The summed E-state index contributed by atoms with van der Waals surface area (Å²) in [6.45, 7) is 1.92. The quantitative estimate of drug-likeness (QED) is 0.799.